The third-order valence-corrected chi connectivity index (χ3v) is 10.1. The van der Waals surface area contributed by atoms with Crippen LogP contribution in [-0.4, -0.2) is 77.9 Å². The van der Waals surface area contributed by atoms with Gasteiger partial charge in [0.2, 0.25) is 0 Å². The highest BCUT2D eigenvalue weighted by Crippen LogP contribution is 2.50. The fourth-order valence-corrected chi connectivity index (χ4v) is 7.89. The van der Waals surface area contributed by atoms with Gasteiger partial charge in [0.1, 0.15) is 41.4 Å². The van der Waals surface area contributed by atoms with Crippen molar-refractivity contribution in [2.45, 2.75) is 44.3 Å². The summed E-state index contributed by atoms with van der Waals surface area (Å²) in [7, 11) is 1.32. The lowest BCUT2D eigenvalue weighted by Gasteiger charge is -2.31. The number of aromatic nitrogens is 2. The first-order chi connectivity index (χ1) is 22.9. The summed E-state index contributed by atoms with van der Waals surface area (Å²) in [6.07, 6.45) is -1.29. The van der Waals surface area contributed by atoms with Crippen LogP contribution in [0.5, 0.6) is 11.8 Å². The van der Waals surface area contributed by atoms with Crippen molar-refractivity contribution in [1.82, 2.24) is 14.9 Å². The maximum atomic E-state index is 17.0. The molecule has 0 saturated carbocycles. The molecule has 48 heavy (non-hydrogen) atoms. The fraction of sp³-hybridized carbons (Fsp3) is 0.406. The zero-order chi connectivity index (χ0) is 34.5. The van der Waals surface area contributed by atoms with Crippen molar-refractivity contribution in [3.05, 3.63) is 46.3 Å². The van der Waals surface area contributed by atoms with Gasteiger partial charge in [-0.3, -0.25) is 4.90 Å². The van der Waals surface area contributed by atoms with Crippen molar-refractivity contribution in [2.75, 3.05) is 50.5 Å². The van der Waals surface area contributed by atoms with Gasteiger partial charge in [-0.25, -0.2) is 22.0 Å². The van der Waals surface area contributed by atoms with Crippen LogP contribution in [0.15, 0.2) is 24.0 Å². The highest BCUT2D eigenvalue weighted by molar-refractivity contribution is 7.23. The largest absolute Gasteiger partial charge is 0.488 e. The van der Waals surface area contributed by atoms with Crippen LogP contribution in [0.1, 0.15) is 31.7 Å². The number of rotatable bonds is 10. The van der Waals surface area contributed by atoms with E-state index in [-0.39, 0.29) is 73.0 Å². The first-order valence-electron chi connectivity index (χ1n) is 15.0. The Bertz CT molecular complexity index is 1990. The Kier molecular flexibility index (Phi) is 9.29. The van der Waals surface area contributed by atoms with Crippen LogP contribution in [0.2, 0.25) is 5.02 Å². The molecule has 2 atom stereocenters. The van der Waals surface area contributed by atoms with E-state index in [9.17, 15) is 27.9 Å². The summed E-state index contributed by atoms with van der Waals surface area (Å²) in [6.45, 7) is 1.45. The molecule has 2 aliphatic heterocycles. The Balaban J connectivity index is 1.60. The third-order valence-electron chi connectivity index (χ3n) is 8.70. The molecule has 4 aromatic rings. The summed E-state index contributed by atoms with van der Waals surface area (Å²) in [5.41, 5.74) is 5.25. The highest BCUT2D eigenvalue weighted by atomic mass is 35.5. The lowest BCUT2D eigenvalue weighted by atomic mass is 9.94. The molecule has 0 unspecified atom stereocenters. The molecule has 3 N–H and O–H groups in total. The average Bonchev–Trinajstić information content (AvgIpc) is 3.70. The number of nitrogen functional groups attached to an aromatic ring is 1. The second kappa shape index (κ2) is 13.1. The molecule has 2 aromatic heterocycles. The van der Waals surface area contributed by atoms with Crippen molar-refractivity contribution in [3.63, 3.8) is 0 Å². The minimum absolute atomic E-state index is 0.00254. The molecule has 9 nitrogen and oxygen atoms in total. The number of nitrogens with zero attached hydrogens (tertiary/aromatic N) is 5. The van der Waals surface area contributed by atoms with Gasteiger partial charge >= 0.3 is 6.01 Å². The zero-order valence-electron chi connectivity index (χ0n) is 25.8. The molecule has 2 saturated heterocycles. The summed E-state index contributed by atoms with van der Waals surface area (Å²) in [6, 6.07) is 3.92. The smallest absolute Gasteiger partial charge is 0.319 e. The lowest BCUT2D eigenvalue weighted by molar-refractivity contribution is 0.108. The van der Waals surface area contributed by atoms with Crippen molar-refractivity contribution < 1.29 is 36.5 Å². The SMILES string of the molecule is C[C@@H](O)COc1c(Cl)c(-c2ccc(F)c3sc(N)c(C#N)c23)c(F)c2nc(OC[C@@]34CCCN3C/C(=C\F)C4)nc(N(C)CC(F)F)c12. The molecule has 254 valence electrons. The molecule has 0 radical (unpaired) electrons. The quantitative estimate of drug-likeness (QED) is 0.171. The molecular weight excluding hydrogens is 679 g/mol. The number of alkyl halides is 2. The molecule has 0 spiro atoms. The number of nitrogens with two attached hydrogens (primary N) is 1. The number of hydrogen-bond donors (Lipinski definition) is 2. The first-order valence-corrected chi connectivity index (χ1v) is 16.2. The third kappa shape index (κ3) is 5.84. The molecule has 2 aromatic carbocycles. The van der Waals surface area contributed by atoms with E-state index >= 15 is 4.39 Å². The number of anilines is 2. The maximum Gasteiger partial charge on any atom is 0.319 e. The lowest BCUT2D eigenvalue weighted by Crippen LogP contribution is -2.43. The van der Waals surface area contributed by atoms with Crippen LogP contribution in [0, 0.1) is 23.0 Å². The molecule has 6 rings (SSSR count). The van der Waals surface area contributed by atoms with Crippen LogP contribution in [0.4, 0.5) is 32.8 Å². The standard InChI is InChI=1S/C32H30ClF5N6O3S/c1-15(45)13-46-27-23-26(25(38)22(24(27)33)17-4-5-19(35)28-21(17)18(10-39)29(40)48-28)41-31(42-30(23)43(2)12-20(36)37)47-14-32-6-3-7-44(32)11-16(8-32)9-34/h4-5,9,15,20,45H,3,6-8,11-14,40H2,1-2H3/b16-9-/t15-,32+/m1/s1. The second-order valence-electron chi connectivity index (χ2n) is 12.1. The molecule has 2 fully saturated rings. The molecule has 0 amide bonds. The van der Waals surface area contributed by atoms with E-state index in [4.69, 9.17) is 26.8 Å². The summed E-state index contributed by atoms with van der Waals surface area (Å²) < 4.78 is 84.8. The van der Waals surface area contributed by atoms with Gasteiger partial charge in [0.25, 0.3) is 6.43 Å². The van der Waals surface area contributed by atoms with Crippen LogP contribution < -0.4 is 20.1 Å². The number of ether oxygens (including phenoxy) is 2. The number of nitriles is 1. The van der Waals surface area contributed by atoms with Crippen molar-refractivity contribution in [3.8, 4) is 29.0 Å². The molecule has 16 heteroatoms. The fourth-order valence-electron chi connectivity index (χ4n) is 6.61. The molecule has 0 bridgehead atoms. The van der Waals surface area contributed by atoms with Gasteiger partial charge in [0.05, 0.1) is 45.2 Å². The Morgan fingerprint density at radius 3 is 2.73 bits per heavy atom. The van der Waals surface area contributed by atoms with Gasteiger partial charge < -0.3 is 25.2 Å². The van der Waals surface area contributed by atoms with Crippen LogP contribution >= 0.6 is 22.9 Å². The molecular formula is C32H30ClF5N6O3S. The van der Waals surface area contributed by atoms with Crippen LogP contribution in [0.25, 0.3) is 32.1 Å². The summed E-state index contributed by atoms with van der Waals surface area (Å²) in [4.78, 5) is 12.0. The van der Waals surface area contributed by atoms with Crippen molar-refractivity contribution in [2.24, 2.45) is 0 Å². The Labute approximate surface area is 280 Å². The number of benzene rings is 2. The van der Waals surface area contributed by atoms with Gasteiger partial charge in [-0.15, -0.1) is 11.3 Å². The van der Waals surface area contributed by atoms with Crippen molar-refractivity contribution >= 4 is 54.7 Å². The zero-order valence-corrected chi connectivity index (χ0v) is 27.4. The Morgan fingerprint density at radius 2 is 2.04 bits per heavy atom. The summed E-state index contributed by atoms with van der Waals surface area (Å²) in [5.74, 6) is -2.17. The molecule has 4 heterocycles. The summed E-state index contributed by atoms with van der Waals surface area (Å²) >= 11 is 7.67. The van der Waals surface area contributed by atoms with E-state index in [0.717, 1.165) is 35.3 Å². The Morgan fingerprint density at radius 1 is 1.27 bits per heavy atom. The van der Waals surface area contributed by atoms with Gasteiger partial charge in [-0.05, 0) is 49.9 Å². The van der Waals surface area contributed by atoms with E-state index in [1.165, 1.54) is 20.0 Å². The van der Waals surface area contributed by atoms with Gasteiger partial charge in [-0.1, -0.05) is 17.7 Å². The first kappa shape index (κ1) is 33.9. The monoisotopic (exact) mass is 708 g/mol. The van der Waals surface area contributed by atoms with Crippen LogP contribution in [-0.2, 0) is 0 Å². The number of fused-ring (bicyclic) bond motifs is 3. The molecule has 0 aliphatic carbocycles. The van der Waals surface area contributed by atoms with E-state index in [0.29, 0.717) is 31.3 Å². The topological polar surface area (TPSA) is 121 Å². The maximum absolute atomic E-state index is 17.0. The predicted molar refractivity (Wildman–Crippen MR) is 174 cm³/mol. The van der Waals surface area contributed by atoms with Crippen molar-refractivity contribution in [1.29, 1.82) is 5.26 Å². The van der Waals surface area contributed by atoms with E-state index in [1.54, 1.807) is 0 Å². The average molecular weight is 709 g/mol. The minimum Gasteiger partial charge on any atom is -0.488 e. The number of aliphatic hydroxyl groups is 1. The van der Waals surface area contributed by atoms with Gasteiger partial charge in [-0.2, -0.15) is 15.2 Å². The minimum atomic E-state index is -2.82. The van der Waals surface area contributed by atoms with E-state index < -0.39 is 41.8 Å². The van der Waals surface area contributed by atoms with E-state index in [2.05, 4.69) is 14.9 Å². The second-order valence-corrected chi connectivity index (χ2v) is 13.5. The van der Waals surface area contributed by atoms with E-state index in [1.807, 2.05) is 6.07 Å². The summed E-state index contributed by atoms with van der Waals surface area (Å²) in [5, 5.41) is 19.4. The normalized spacial score (nSPS) is 19.4. The number of hydrogen-bond acceptors (Lipinski definition) is 10. The Hall–Kier alpha value is -3.97. The number of thiophene rings is 1. The predicted octanol–water partition coefficient (Wildman–Crippen LogP) is 6.83. The number of halogens is 6. The highest BCUT2D eigenvalue weighted by Gasteiger charge is 2.47. The van der Waals surface area contributed by atoms with Crippen LogP contribution in [0.3, 0.4) is 0 Å². The van der Waals surface area contributed by atoms with Gasteiger partial charge in [0, 0.05) is 24.5 Å². The number of aliphatic hydroxyl groups excluding tert-OH is 1. The van der Waals surface area contributed by atoms with Gasteiger partial charge in [0.15, 0.2) is 11.6 Å². The molecule has 2 aliphatic rings.